The SMILES string of the molecule is COCC(Cc1ccccc1)NC(=O)c1ccc(-c2ccncc2)cc1. The Labute approximate surface area is 153 Å². The van der Waals surface area contributed by atoms with E-state index in [0.717, 1.165) is 17.5 Å². The molecule has 0 fully saturated rings. The second kappa shape index (κ2) is 8.92. The van der Waals surface area contributed by atoms with E-state index >= 15 is 0 Å². The van der Waals surface area contributed by atoms with Gasteiger partial charge in [0.05, 0.1) is 12.6 Å². The zero-order chi connectivity index (χ0) is 18.2. The molecule has 0 aliphatic rings. The Bertz CT molecular complexity index is 818. The number of carbonyl (C=O) groups is 1. The van der Waals surface area contributed by atoms with Crippen molar-refractivity contribution in [1.82, 2.24) is 10.3 Å². The molecule has 0 bridgehead atoms. The van der Waals surface area contributed by atoms with Gasteiger partial charge in [-0.1, -0.05) is 42.5 Å². The van der Waals surface area contributed by atoms with Gasteiger partial charge in [-0.05, 0) is 47.4 Å². The van der Waals surface area contributed by atoms with E-state index in [9.17, 15) is 4.79 Å². The lowest BCUT2D eigenvalue weighted by Crippen LogP contribution is -2.39. The van der Waals surface area contributed by atoms with Gasteiger partial charge in [-0.25, -0.2) is 0 Å². The van der Waals surface area contributed by atoms with Gasteiger partial charge >= 0.3 is 0 Å². The van der Waals surface area contributed by atoms with E-state index in [1.165, 1.54) is 5.56 Å². The van der Waals surface area contributed by atoms with Gasteiger partial charge in [-0.3, -0.25) is 9.78 Å². The minimum absolute atomic E-state index is 0.0743. The number of nitrogens with one attached hydrogen (secondary N) is 1. The monoisotopic (exact) mass is 346 g/mol. The second-order valence-electron chi connectivity index (χ2n) is 6.13. The van der Waals surface area contributed by atoms with E-state index < -0.39 is 0 Å². The van der Waals surface area contributed by atoms with Gasteiger partial charge in [-0.2, -0.15) is 0 Å². The van der Waals surface area contributed by atoms with Gasteiger partial charge < -0.3 is 10.1 Å². The Balaban J connectivity index is 1.67. The minimum atomic E-state index is -0.0933. The van der Waals surface area contributed by atoms with Gasteiger partial charge in [0.15, 0.2) is 0 Å². The summed E-state index contributed by atoms with van der Waals surface area (Å²) in [6, 6.07) is 21.5. The van der Waals surface area contributed by atoms with Crippen LogP contribution in [0.2, 0.25) is 0 Å². The maximum atomic E-state index is 12.6. The Morgan fingerprint density at radius 2 is 1.62 bits per heavy atom. The van der Waals surface area contributed by atoms with Crippen LogP contribution in [-0.4, -0.2) is 30.6 Å². The predicted molar refractivity (Wildman–Crippen MR) is 103 cm³/mol. The molecule has 3 rings (SSSR count). The number of carbonyl (C=O) groups excluding carboxylic acids is 1. The molecular weight excluding hydrogens is 324 g/mol. The first-order chi connectivity index (χ1) is 12.8. The standard InChI is InChI=1S/C22H22N2O2/c1-26-16-21(15-17-5-3-2-4-6-17)24-22(25)20-9-7-18(8-10-20)19-11-13-23-14-12-19/h2-14,21H,15-16H2,1H3,(H,24,25). The lowest BCUT2D eigenvalue weighted by atomic mass is 10.0. The van der Waals surface area contributed by atoms with Crippen LogP contribution in [0.5, 0.6) is 0 Å². The Kier molecular flexibility index (Phi) is 6.12. The van der Waals surface area contributed by atoms with Crippen LogP contribution in [-0.2, 0) is 11.2 Å². The highest BCUT2D eigenvalue weighted by molar-refractivity contribution is 5.94. The first kappa shape index (κ1) is 17.8. The number of ether oxygens (including phenoxy) is 1. The summed E-state index contributed by atoms with van der Waals surface area (Å²) < 4.78 is 5.27. The van der Waals surface area contributed by atoms with Crippen molar-refractivity contribution in [3.05, 3.63) is 90.3 Å². The quantitative estimate of drug-likeness (QED) is 0.709. The van der Waals surface area contributed by atoms with Crippen LogP contribution in [0.15, 0.2) is 79.1 Å². The molecule has 0 radical (unpaired) electrons. The van der Waals surface area contributed by atoms with Crippen LogP contribution >= 0.6 is 0 Å². The van der Waals surface area contributed by atoms with Gasteiger partial charge in [-0.15, -0.1) is 0 Å². The van der Waals surface area contributed by atoms with Crippen LogP contribution in [0.1, 0.15) is 15.9 Å². The first-order valence-electron chi connectivity index (χ1n) is 8.60. The van der Waals surface area contributed by atoms with E-state index in [0.29, 0.717) is 12.2 Å². The highest BCUT2D eigenvalue weighted by Gasteiger charge is 2.14. The maximum absolute atomic E-state index is 12.6. The van der Waals surface area contributed by atoms with Crippen LogP contribution in [0.25, 0.3) is 11.1 Å². The van der Waals surface area contributed by atoms with Gasteiger partial charge in [0.2, 0.25) is 0 Å². The zero-order valence-corrected chi connectivity index (χ0v) is 14.8. The summed E-state index contributed by atoms with van der Waals surface area (Å²) in [7, 11) is 1.65. The fraction of sp³-hybridized carbons (Fsp3) is 0.182. The molecule has 4 heteroatoms. The predicted octanol–water partition coefficient (Wildman–Crippen LogP) is 3.74. The number of pyridine rings is 1. The Morgan fingerprint density at radius 3 is 2.27 bits per heavy atom. The smallest absolute Gasteiger partial charge is 0.251 e. The van der Waals surface area contributed by atoms with Crippen molar-refractivity contribution in [3.63, 3.8) is 0 Å². The Hall–Kier alpha value is -2.98. The Morgan fingerprint density at radius 1 is 0.962 bits per heavy atom. The van der Waals surface area contributed by atoms with Crippen molar-refractivity contribution in [3.8, 4) is 11.1 Å². The third-order valence-corrected chi connectivity index (χ3v) is 4.19. The summed E-state index contributed by atoms with van der Waals surface area (Å²) in [6.45, 7) is 0.468. The van der Waals surface area contributed by atoms with Crippen LogP contribution in [0.3, 0.4) is 0 Å². The van der Waals surface area contributed by atoms with E-state index in [2.05, 4.69) is 22.4 Å². The summed E-state index contributed by atoms with van der Waals surface area (Å²) in [5.41, 5.74) is 3.94. The molecule has 1 amide bonds. The van der Waals surface area contributed by atoms with Crippen molar-refractivity contribution in [2.24, 2.45) is 0 Å². The molecule has 1 unspecified atom stereocenters. The lowest BCUT2D eigenvalue weighted by Gasteiger charge is -2.18. The molecule has 4 nitrogen and oxygen atoms in total. The number of hydrogen-bond donors (Lipinski definition) is 1. The lowest BCUT2D eigenvalue weighted by molar-refractivity contribution is 0.0897. The highest BCUT2D eigenvalue weighted by Crippen LogP contribution is 2.18. The summed E-state index contributed by atoms with van der Waals surface area (Å²) >= 11 is 0. The molecule has 3 aromatic rings. The molecule has 0 aliphatic heterocycles. The maximum Gasteiger partial charge on any atom is 0.251 e. The molecular formula is C22H22N2O2. The number of rotatable bonds is 7. The number of aromatic nitrogens is 1. The van der Waals surface area contributed by atoms with Gasteiger partial charge in [0.25, 0.3) is 5.91 Å². The third-order valence-electron chi connectivity index (χ3n) is 4.19. The van der Waals surface area contributed by atoms with Crippen molar-refractivity contribution < 1.29 is 9.53 Å². The summed E-state index contributed by atoms with van der Waals surface area (Å²) in [4.78, 5) is 16.6. The van der Waals surface area contributed by atoms with Crippen LogP contribution in [0, 0.1) is 0 Å². The van der Waals surface area contributed by atoms with Crippen molar-refractivity contribution in [2.75, 3.05) is 13.7 Å². The fourth-order valence-electron chi connectivity index (χ4n) is 2.88. The summed E-state index contributed by atoms with van der Waals surface area (Å²) in [6.07, 6.45) is 4.25. The third kappa shape index (κ3) is 4.77. The average Bonchev–Trinajstić information content (AvgIpc) is 2.70. The van der Waals surface area contributed by atoms with Gasteiger partial charge in [0, 0.05) is 25.1 Å². The van der Waals surface area contributed by atoms with Crippen molar-refractivity contribution in [2.45, 2.75) is 12.5 Å². The molecule has 1 aromatic heterocycles. The molecule has 1 heterocycles. The molecule has 1 atom stereocenters. The molecule has 0 spiro atoms. The topological polar surface area (TPSA) is 51.2 Å². The zero-order valence-electron chi connectivity index (χ0n) is 14.8. The van der Waals surface area contributed by atoms with Crippen LogP contribution in [0.4, 0.5) is 0 Å². The molecule has 26 heavy (non-hydrogen) atoms. The van der Waals surface area contributed by atoms with E-state index in [4.69, 9.17) is 4.74 Å². The number of amides is 1. The van der Waals surface area contributed by atoms with Crippen molar-refractivity contribution in [1.29, 1.82) is 0 Å². The molecule has 0 saturated heterocycles. The second-order valence-corrected chi connectivity index (χ2v) is 6.13. The van der Waals surface area contributed by atoms with E-state index in [-0.39, 0.29) is 11.9 Å². The minimum Gasteiger partial charge on any atom is -0.383 e. The van der Waals surface area contributed by atoms with Gasteiger partial charge in [0.1, 0.15) is 0 Å². The fourth-order valence-corrected chi connectivity index (χ4v) is 2.88. The number of methoxy groups -OCH3 is 1. The molecule has 132 valence electrons. The normalized spacial score (nSPS) is 11.7. The summed E-state index contributed by atoms with van der Waals surface area (Å²) in [5.74, 6) is -0.0933. The average molecular weight is 346 g/mol. The number of benzene rings is 2. The summed E-state index contributed by atoms with van der Waals surface area (Å²) in [5, 5.41) is 3.07. The van der Waals surface area contributed by atoms with E-state index in [1.807, 2.05) is 54.6 Å². The molecule has 2 aromatic carbocycles. The first-order valence-corrected chi connectivity index (χ1v) is 8.60. The number of nitrogens with zero attached hydrogens (tertiary/aromatic N) is 1. The highest BCUT2D eigenvalue weighted by atomic mass is 16.5. The van der Waals surface area contributed by atoms with Crippen LogP contribution < -0.4 is 5.32 Å². The molecule has 0 saturated carbocycles. The largest absolute Gasteiger partial charge is 0.383 e. The molecule has 1 N–H and O–H groups in total. The van der Waals surface area contributed by atoms with E-state index in [1.54, 1.807) is 19.5 Å². The van der Waals surface area contributed by atoms with Crippen molar-refractivity contribution >= 4 is 5.91 Å². The molecule has 0 aliphatic carbocycles. The number of hydrogen-bond acceptors (Lipinski definition) is 3.